The van der Waals surface area contributed by atoms with Gasteiger partial charge in [0.2, 0.25) is 0 Å². The van der Waals surface area contributed by atoms with Crippen molar-refractivity contribution in [2.75, 3.05) is 14.1 Å². The molecule has 0 saturated heterocycles. The molecule has 1 aliphatic rings. The van der Waals surface area contributed by atoms with Gasteiger partial charge in [-0.1, -0.05) is 97.1 Å². The maximum Gasteiger partial charge on any atom is 0.332 e. The van der Waals surface area contributed by atoms with Crippen LogP contribution in [0.3, 0.4) is 0 Å². The molecule has 5 rings (SSSR count). The Morgan fingerprint density at radius 3 is 1.77 bits per heavy atom. The van der Waals surface area contributed by atoms with Crippen LogP contribution >= 0.6 is 0 Å². The molecule has 1 aliphatic heterocycles. The summed E-state index contributed by atoms with van der Waals surface area (Å²) in [6.45, 7) is 0. The molecular formula is C33H29N3O3. The second kappa shape index (κ2) is 10.8. The Labute approximate surface area is 228 Å². The highest BCUT2D eigenvalue weighted by atomic mass is 16.4. The van der Waals surface area contributed by atoms with Crippen molar-refractivity contribution in [1.29, 1.82) is 0 Å². The van der Waals surface area contributed by atoms with Crippen molar-refractivity contribution in [3.05, 3.63) is 143 Å². The zero-order valence-electron chi connectivity index (χ0n) is 21.8. The maximum atomic E-state index is 12.7. The number of carboxylic acid groups (broad SMARTS) is 1. The number of carbonyl (C=O) groups excluding carboxylic acids is 1. The highest BCUT2D eigenvalue weighted by Gasteiger charge is 2.38. The summed E-state index contributed by atoms with van der Waals surface area (Å²) >= 11 is 0. The number of hydrogen-bond acceptors (Lipinski definition) is 4. The van der Waals surface area contributed by atoms with Crippen LogP contribution in [0.25, 0.3) is 6.08 Å². The van der Waals surface area contributed by atoms with E-state index in [-0.39, 0.29) is 17.9 Å². The van der Waals surface area contributed by atoms with Crippen LogP contribution in [0.15, 0.2) is 120 Å². The first-order valence-electron chi connectivity index (χ1n) is 12.7. The molecule has 0 atom stereocenters. The van der Waals surface area contributed by atoms with E-state index >= 15 is 0 Å². The number of amidine groups is 1. The highest BCUT2D eigenvalue weighted by Crippen LogP contribution is 2.38. The fourth-order valence-corrected chi connectivity index (χ4v) is 4.96. The SMILES string of the molecule is CN(C)C(=O)c1ccc2c(c1)N=C(NC(c1ccccc1)(c1ccccc1)c1ccccc1)CC(C(=O)O)=C2. The van der Waals surface area contributed by atoms with Gasteiger partial charge in [0.15, 0.2) is 0 Å². The van der Waals surface area contributed by atoms with Crippen molar-refractivity contribution in [2.24, 2.45) is 4.99 Å². The molecule has 0 fully saturated rings. The van der Waals surface area contributed by atoms with Crippen molar-refractivity contribution in [1.82, 2.24) is 10.2 Å². The van der Waals surface area contributed by atoms with Gasteiger partial charge in [0.1, 0.15) is 11.4 Å². The number of nitrogens with one attached hydrogen (secondary N) is 1. The second-order valence-electron chi connectivity index (χ2n) is 9.66. The van der Waals surface area contributed by atoms with Gasteiger partial charge in [-0.15, -0.1) is 0 Å². The van der Waals surface area contributed by atoms with E-state index in [1.165, 1.54) is 4.90 Å². The van der Waals surface area contributed by atoms with E-state index < -0.39 is 11.5 Å². The average Bonchev–Trinajstić information content (AvgIpc) is 3.15. The van der Waals surface area contributed by atoms with Gasteiger partial charge in [-0.25, -0.2) is 9.79 Å². The second-order valence-corrected chi connectivity index (χ2v) is 9.66. The van der Waals surface area contributed by atoms with E-state index in [1.54, 1.807) is 38.4 Å². The van der Waals surface area contributed by atoms with Gasteiger partial charge < -0.3 is 15.3 Å². The fourth-order valence-electron chi connectivity index (χ4n) is 4.96. The van der Waals surface area contributed by atoms with Gasteiger partial charge in [-0.3, -0.25) is 4.79 Å². The van der Waals surface area contributed by atoms with Crippen molar-refractivity contribution in [3.8, 4) is 0 Å². The summed E-state index contributed by atoms with van der Waals surface area (Å²) in [5.74, 6) is -0.690. The number of hydrogen-bond donors (Lipinski definition) is 2. The summed E-state index contributed by atoms with van der Waals surface area (Å²) in [6, 6.07) is 35.4. The number of rotatable bonds is 6. The van der Waals surface area contributed by atoms with E-state index in [0.29, 0.717) is 22.6 Å². The predicted octanol–water partition coefficient (Wildman–Crippen LogP) is 5.87. The lowest BCUT2D eigenvalue weighted by Gasteiger charge is -2.38. The molecule has 4 aromatic rings. The van der Waals surface area contributed by atoms with E-state index in [1.807, 2.05) is 54.6 Å². The third kappa shape index (κ3) is 5.09. The lowest BCUT2D eigenvalue weighted by Crippen LogP contribution is -2.48. The van der Waals surface area contributed by atoms with Gasteiger partial charge >= 0.3 is 5.97 Å². The minimum atomic E-state index is -1.02. The minimum absolute atomic E-state index is 0.0786. The van der Waals surface area contributed by atoms with Gasteiger partial charge in [-0.05, 0) is 34.9 Å². The zero-order chi connectivity index (χ0) is 27.4. The van der Waals surface area contributed by atoms with Crippen LogP contribution in [0.2, 0.25) is 0 Å². The Kier molecular flexibility index (Phi) is 7.10. The van der Waals surface area contributed by atoms with Crippen molar-refractivity contribution >= 4 is 29.5 Å². The Morgan fingerprint density at radius 2 is 1.31 bits per heavy atom. The van der Waals surface area contributed by atoms with Crippen LogP contribution in [0, 0.1) is 0 Å². The monoisotopic (exact) mass is 515 g/mol. The molecule has 0 radical (unpaired) electrons. The number of aliphatic carboxylic acids is 1. The normalized spacial score (nSPS) is 12.9. The fraction of sp³-hybridized carbons (Fsp3) is 0.121. The molecule has 1 heterocycles. The van der Waals surface area contributed by atoms with Crippen LogP contribution in [0.5, 0.6) is 0 Å². The minimum Gasteiger partial charge on any atom is -0.478 e. The Hall–Kier alpha value is -4.97. The Bertz CT molecular complexity index is 1460. The summed E-state index contributed by atoms with van der Waals surface area (Å²) in [5, 5.41) is 13.8. The van der Waals surface area contributed by atoms with Crippen LogP contribution < -0.4 is 5.32 Å². The molecule has 0 saturated carbocycles. The van der Waals surface area contributed by atoms with Crippen molar-refractivity contribution in [2.45, 2.75) is 12.0 Å². The average molecular weight is 516 g/mol. The third-order valence-electron chi connectivity index (χ3n) is 6.85. The predicted molar refractivity (Wildman–Crippen MR) is 154 cm³/mol. The first kappa shape index (κ1) is 25.7. The molecule has 1 amide bonds. The number of aliphatic imine (C=N–C) groups is 1. The lowest BCUT2D eigenvalue weighted by molar-refractivity contribution is -0.132. The summed E-state index contributed by atoms with van der Waals surface area (Å²) in [5.41, 5.74) is 3.93. The molecule has 39 heavy (non-hydrogen) atoms. The first-order chi connectivity index (χ1) is 18.9. The molecule has 0 spiro atoms. The first-order valence-corrected chi connectivity index (χ1v) is 12.7. The molecule has 2 N–H and O–H groups in total. The summed E-state index contributed by atoms with van der Waals surface area (Å²) in [7, 11) is 3.39. The van der Waals surface area contributed by atoms with E-state index in [9.17, 15) is 14.7 Å². The number of nitrogens with zero attached hydrogens (tertiary/aromatic N) is 2. The molecule has 194 valence electrons. The van der Waals surface area contributed by atoms with E-state index in [2.05, 4.69) is 41.7 Å². The van der Waals surface area contributed by atoms with Crippen LogP contribution in [-0.4, -0.2) is 41.8 Å². The smallest absolute Gasteiger partial charge is 0.332 e. The van der Waals surface area contributed by atoms with Crippen molar-refractivity contribution < 1.29 is 14.7 Å². The van der Waals surface area contributed by atoms with Gasteiger partial charge in [0.05, 0.1) is 5.69 Å². The Balaban J connectivity index is 1.74. The topological polar surface area (TPSA) is 82.0 Å². The molecule has 0 unspecified atom stereocenters. The molecule has 0 aromatic heterocycles. The van der Waals surface area contributed by atoms with Gasteiger partial charge in [0, 0.05) is 37.2 Å². The van der Waals surface area contributed by atoms with Crippen LogP contribution in [-0.2, 0) is 10.3 Å². The number of carbonyl (C=O) groups is 2. The molecule has 0 bridgehead atoms. The summed E-state index contributed by atoms with van der Waals surface area (Å²) < 4.78 is 0. The molecule has 6 heteroatoms. The van der Waals surface area contributed by atoms with E-state index in [0.717, 1.165) is 16.7 Å². The van der Waals surface area contributed by atoms with Gasteiger partial charge in [-0.2, -0.15) is 0 Å². The lowest BCUT2D eigenvalue weighted by atomic mass is 9.76. The summed E-state index contributed by atoms with van der Waals surface area (Å²) in [4.78, 5) is 31.5. The molecular weight excluding hydrogens is 486 g/mol. The molecule has 4 aromatic carbocycles. The van der Waals surface area contributed by atoms with Crippen LogP contribution in [0.4, 0.5) is 5.69 Å². The Morgan fingerprint density at radius 1 is 0.795 bits per heavy atom. The maximum absolute atomic E-state index is 12.7. The number of benzene rings is 4. The van der Waals surface area contributed by atoms with Gasteiger partial charge in [0.25, 0.3) is 5.91 Å². The standard InChI is InChI=1S/C33H29N3O3/c1-36(2)31(37)24-19-18-23-20-25(32(38)39)22-30(34-29(23)21-24)35-33(26-12-6-3-7-13-26,27-14-8-4-9-15-27)28-16-10-5-11-17-28/h3-21H,22H2,1-2H3,(H,34,35)(H,38,39). The van der Waals surface area contributed by atoms with Crippen LogP contribution in [0.1, 0.15) is 39.0 Å². The number of amides is 1. The van der Waals surface area contributed by atoms with E-state index in [4.69, 9.17) is 4.99 Å². The van der Waals surface area contributed by atoms with Crippen molar-refractivity contribution in [3.63, 3.8) is 0 Å². The highest BCUT2D eigenvalue weighted by molar-refractivity contribution is 6.04. The molecule has 6 nitrogen and oxygen atoms in total. The number of fused-ring (bicyclic) bond motifs is 1. The quantitative estimate of drug-likeness (QED) is 0.315. The number of carboxylic acids is 1. The zero-order valence-corrected chi connectivity index (χ0v) is 21.8. The molecule has 0 aliphatic carbocycles. The largest absolute Gasteiger partial charge is 0.478 e. The third-order valence-corrected chi connectivity index (χ3v) is 6.85. The summed E-state index contributed by atoms with van der Waals surface area (Å²) in [6.07, 6.45) is 1.71.